The molecule has 1 aliphatic rings. The van der Waals surface area contributed by atoms with E-state index in [1.54, 1.807) is 0 Å². The Hall–Kier alpha value is -1.84. The van der Waals surface area contributed by atoms with E-state index in [2.05, 4.69) is 0 Å². The van der Waals surface area contributed by atoms with Gasteiger partial charge < -0.3 is 4.74 Å². The lowest BCUT2D eigenvalue weighted by molar-refractivity contribution is -0.129. The van der Waals surface area contributed by atoms with Gasteiger partial charge in [-0.15, -0.1) is 0 Å². The second-order valence-corrected chi connectivity index (χ2v) is 4.77. The summed E-state index contributed by atoms with van der Waals surface area (Å²) in [4.78, 5) is 25.0. The fourth-order valence-corrected chi connectivity index (χ4v) is 2.33. The molecule has 4 nitrogen and oxygen atoms in total. The first-order chi connectivity index (χ1) is 9.22. The second kappa shape index (κ2) is 6.36. The molecule has 0 radical (unpaired) electrons. The van der Waals surface area contributed by atoms with Gasteiger partial charge in [-0.1, -0.05) is 43.7 Å². The molecular weight excluding hydrogens is 242 g/mol. The predicted molar refractivity (Wildman–Crippen MR) is 71.7 cm³/mol. The summed E-state index contributed by atoms with van der Waals surface area (Å²) in [5, 5.41) is 0. The van der Waals surface area contributed by atoms with Crippen molar-refractivity contribution in [2.24, 2.45) is 0 Å². The van der Waals surface area contributed by atoms with E-state index in [-0.39, 0.29) is 11.9 Å². The second-order valence-electron chi connectivity index (χ2n) is 4.77. The highest BCUT2D eigenvalue weighted by Crippen LogP contribution is 2.18. The number of aryl methyl sites for hydroxylation is 1. The number of imide groups is 1. The molecule has 1 aliphatic heterocycles. The van der Waals surface area contributed by atoms with E-state index in [1.807, 2.05) is 37.3 Å². The molecule has 4 heteroatoms. The van der Waals surface area contributed by atoms with Gasteiger partial charge >= 0.3 is 6.09 Å². The van der Waals surface area contributed by atoms with Gasteiger partial charge in [0, 0.05) is 6.42 Å². The van der Waals surface area contributed by atoms with E-state index >= 15 is 0 Å². The van der Waals surface area contributed by atoms with Crippen molar-refractivity contribution in [2.75, 3.05) is 6.61 Å². The first-order valence-corrected chi connectivity index (χ1v) is 6.75. The minimum atomic E-state index is -0.489. The van der Waals surface area contributed by atoms with Crippen molar-refractivity contribution >= 4 is 12.0 Å². The Bertz CT molecular complexity index is 444. The van der Waals surface area contributed by atoms with Crippen LogP contribution in [-0.2, 0) is 16.0 Å². The number of nitrogens with zero attached hydrogens (tertiary/aromatic N) is 1. The fourth-order valence-electron chi connectivity index (χ4n) is 2.33. The predicted octanol–water partition coefficient (Wildman–Crippen LogP) is 2.77. The van der Waals surface area contributed by atoms with Crippen molar-refractivity contribution in [3.63, 3.8) is 0 Å². The van der Waals surface area contributed by atoms with E-state index in [9.17, 15) is 9.59 Å². The molecule has 1 saturated heterocycles. The van der Waals surface area contributed by atoms with Gasteiger partial charge in [0.25, 0.3) is 0 Å². The summed E-state index contributed by atoms with van der Waals surface area (Å²) in [6, 6.07) is 9.73. The van der Waals surface area contributed by atoms with Crippen LogP contribution >= 0.6 is 0 Å². The zero-order valence-electron chi connectivity index (χ0n) is 11.2. The van der Waals surface area contributed by atoms with Crippen molar-refractivity contribution in [1.29, 1.82) is 0 Å². The molecule has 0 saturated carbocycles. The van der Waals surface area contributed by atoms with Crippen molar-refractivity contribution in [3.05, 3.63) is 35.9 Å². The first kappa shape index (κ1) is 13.6. The van der Waals surface area contributed by atoms with Gasteiger partial charge in [0.2, 0.25) is 5.91 Å². The Balaban J connectivity index is 1.93. The van der Waals surface area contributed by atoms with Crippen LogP contribution in [0.25, 0.3) is 0 Å². The van der Waals surface area contributed by atoms with E-state index in [0.717, 1.165) is 18.4 Å². The number of cyclic esters (lactones) is 1. The lowest BCUT2D eigenvalue weighted by Gasteiger charge is -2.18. The van der Waals surface area contributed by atoms with E-state index in [1.165, 1.54) is 4.90 Å². The van der Waals surface area contributed by atoms with Crippen molar-refractivity contribution in [1.82, 2.24) is 4.90 Å². The molecule has 1 heterocycles. The molecule has 0 bridgehead atoms. The molecule has 0 spiro atoms. The number of benzene rings is 1. The molecule has 0 unspecified atom stereocenters. The third-order valence-electron chi connectivity index (χ3n) is 3.32. The summed E-state index contributed by atoms with van der Waals surface area (Å²) in [7, 11) is 0. The van der Waals surface area contributed by atoms with Gasteiger partial charge in [-0.2, -0.15) is 0 Å². The minimum absolute atomic E-state index is 0.0826. The van der Waals surface area contributed by atoms with E-state index in [0.29, 0.717) is 19.4 Å². The maximum absolute atomic E-state index is 12.1. The lowest BCUT2D eigenvalue weighted by Crippen LogP contribution is -2.39. The standard InChI is InChI=1S/C15H19NO3/c1-2-6-13-11-19-15(18)16(13)14(17)10-9-12-7-4-3-5-8-12/h3-5,7-8,13H,2,6,9-11H2,1H3/t13-/m0/s1. The fraction of sp³-hybridized carbons (Fsp3) is 0.467. The average Bonchev–Trinajstić information content (AvgIpc) is 2.79. The van der Waals surface area contributed by atoms with Crippen LogP contribution in [0.2, 0.25) is 0 Å². The Morgan fingerprint density at radius 1 is 1.37 bits per heavy atom. The van der Waals surface area contributed by atoms with Crippen LogP contribution in [0.5, 0.6) is 0 Å². The third kappa shape index (κ3) is 3.34. The average molecular weight is 261 g/mol. The molecule has 1 fully saturated rings. The number of hydrogen-bond donors (Lipinski definition) is 0. The highest BCUT2D eigenvalue weighted by atomic mass is 16.6. The van der Waals surface area contributed by atoms with Crippen LogP contribution in [-0.4, -0.2) is 29.5 Å². The van der Waals surface area contributed by atoms with Crippen molar-refractivity contribution in [3.8, 4) is 0 Å². The maximum Gasteiger partial charge on any atom is 0.416 e. The largest absolute Gasteiger partial charge is 0.447 e. The van der Waals surface area contributed by atoms with Crippen LogP contribution in [0.15, 0.2) is 30.3 Å². The Labute approximate surface area is 113 Å². The molecule has 0 aliphatic carbocycles. The normalized spacial score (nSPS) is 18.5. The summed E-state index contributed by atoms with van der Waals surface area (Å²) < 4.78 is 4.97. The molecule has 1 atom stereocenters. The molecule has 1 aromatic carbocycles. The first-order valence-electron chi connectivity index (χ1n) is 6.75. The number of rotatable bonds is 5. The molecule has 0 N–H and O–H groups in total. The van der Waals surface area contributed by atoms with Crippen LogP contribution < -0.4 is 0 Å². The van der Waals surface area contributed by atoms with Crippen LogP contribution in [0.1, 0.15) is 31.7 Å². The van der Waals surface area contributed by atoms with E-state index < -0.39 is 6.09 Å². The van der Waals surface area contributed by atoms with Gasteiger partial charge in [0.05, 0.1) is 6.04 Å². The SMILES string of the molecule is CCC[C@H]1COC(=O)N1C(=O)CCc1ccccc1. The zero-order valence-corrected chi connectivity index (χ0v) is 11.2. The summed E-state index contributed by atoms with van der Waals surface area (Å²) in [6.45, 7) is 2.37. The number of hydrogen-bond acceptors (Lipinski definition) is 3. The summed E-state index contributed by atoms with van der Waals surface area (Å²) >= 11 is 0. The van der Waals surface area contributed by atoms with Gasteiger partial charge in [0.1, 0.15) is 6.61 Å². The van der Waals surface area contributed by atoms with Crippen LogP contribution in [0, 0.1) is 0 Å². The molecule has 0 aromatic heterocycles. The molecule has 1 aromatic rings. The number of amides is 2. The molecule has 19 heavy (non-hydrogen) atoms. The minimum Gasteiger partial charge on any atom is -0.447 e. The highest BCUT2D eigenvalue weighted by molar-refractivity contribution is 5.93. The zero-order chi connectivity index (χ0) is 13.7. The molecule has 2 amide bonds. The van der Waals surface area contributed by atoms with Gasteiger partial charge in [-0.05, 0) is 18.4 Å². The number of carbonyl (C=O) groups is 2. The third-order valence-corrected chi connectivity index (χ3v) is 3.32. The maximum atomic E-state index is 12.1. The van der Waals surface area contributed by atoms with Crippen molar-refractivity contribution < 1.29 is 14.3 Å². The van der Waals surface area contributed by atoms with Crippen LogP contribution in [0.4, 0.5) is 4.79 Å². The van der Waals surface area contributed by atoms with E-state index in [4.69, 9.17) is 4.74 Å². The monoisotopic (exact) mass is 261 g/mol. The Morgan fingerprint density at radius 3 is 2.79 bits per heavy atom. The van der Waals surface area contributed by atoms with Gasteiger partial charge in [0.15, 0.2) is 0 Å². The Kier molecular flexibility index (Phi) is 4.55. The van der Waals surface area contributed by atoms with Gasteiger partial charge in [-0.3, -0.25) is 4.79 Å². The number of carbonyl (C=O) groups excluding carboxylic acids is 2. The highest BCUT2D eigenvalue weighted by Gasteiger charge is 2.36. The van der Waals surface area contributed by atoms with Crippen molar-refractivity contribution in [2.45, 2.75) is 38.6 Å². The molecule has 102 valence electrons. The molecular formula is C15H19NO3. The quantitative estimate of drug-likeness (QED) is 0.818. The van der Waals surface area contributed by atoms with Crippen LogP contribution in [0.3, 0.4) is 0 Å². The lowest BCUT2D eigenvalue weighted by atomic mass is 10.1. The number of ether oxygens (including phenoxy) is 1. The Morgan fingerprint density at radius 2 is 2.11 bits per heavy atom. The van der Waals surface area contributed by atoms with Gasteiger partial charge in [-0.25, -0.2) is 9.69 Å². The molecule has 2 rings (SSSR count). The summed E-state index contributed by atoms with van der Waals surface area (Å²) in [6.07, 6.45) is 2.25. The summed E-state index contributed by atoms with van der Waals surface area (Å²) in [5.74, 6) is -0.134. The smallest absolute Gasteiger partial charge is 0.416 e. The topological polar surface area (TPSA) is 46.6 Å². The summed E-state index contributed by atoms with van der Waals surface area (Å²) in [5.41, 5.74) is 1.11.